The van der Waals surface area contributed by atoms with Crippen LogP contribution in [0.1, 0.15) is 53.5 Å². The third-order valence-corrected chi connectivity index (χ3v) is 8.31. The third-order valence-electron chi connectivity index (χ3n) is 8.31. The predicted octanol–water partition coefficient (Wildman–Crippen LogP) is 8.41. The number of aromatic nitrogens is 1. The van der Waals surface area contributed by atoms with Crippen molar-refractivity contribution in [3.8, 4) is 22.4 Å². The van der Waals surface area contributed by atoms with Crippen molar-refractivity contribution in [2.75, 3.05) is 0 Å². The highest BCUT2D eigenvalue weighted by molar-refractivity contribution is 6.14. The number of aryl methyl sites for hydroxylation is 3. The molecule has 3 aromatic carbocycles. The summed E-state index contributed by atoms with van der Waals surface area (Å²) in [6, 6.07) is 20.3. The Labute approximate surface area is 194 Å². The van der Waals surface area contributed by atoms with Gasteiger partial charge in [0, 0.05) is 27.9 Å². The fourth-order valence-corrected chi connectivity index (χ4v) is 6.60. The van der Waals surface area contributed by atoms with Crippen LogP contribution in [0.5, 0.6) is 0 Å². The molecule has 2 nitrogen and oxygen atoms in total. The van der Waals surface area contributed by atoms with E-state index in [1.165, 1.54) is 75.4 Å². The van der Waals surface area contributed by atoms with E-state index in [0.29, 0.717) is 0 Å². The predicted molar refractivity (Wildman–Crippen MR) is 136 cm³/mol. The Morgan fingerprint density at radius 2 is 1.64 bits per heavy atom. The Morgan fingerprint density at radius 3 is 2.45 bits per heavy atom. The van der Waals surface area contributed by atoms with Gasteiger partial charge in [0.2, 0.25) is 0 Å². The fraction of sp³-hybridized carbons (Fsp3) is 0.258. The first-order valence-corrected chi connectivity index (χ1v) is 12.1. The van der Waals surface area contributed by atoms with E-state index >= 15 is 0 Å². The number of rotatable bonds is 1. The molecule has 1 fully saturated rings. The van der Waals surface area contributed by atoms with Crippen LogP contribution in [-0.2, 0) is 5.41 Å². The second-order valence-electron chi connectivity index (χ2n) is 10.1. The SMILES string of the molecule is Cc1cnc(-c2c(C)ccc3c2oc2ccc4c(c23)C2(CCCC2)c2ccccc2-4)cc1C. The first kappa shape index (κ1) is 19.1. The minimum absolute atomic E-state index is 0.117. The lowest BCUT2D eigenvalue weighted by Gasteiger charge is -2.27. The van der Waals surface area contributed by atoms with Crippen molar-refractivity contribution in [2.45, 2.75) is 51.9 Å². The van der Waals surface area contributed by atoms with Crippen molar-refractivity contribution in [3.63, 3.8) is 0 Å². The standard InChI is InChI=1S/C31H27NO/c1-18-10-11-23-28-26(33-30(23)27(18)25-16-19(2)20(3)17-32-25)13-12-22-21-8-4-5-9-24(21)31(29(22)28)14-6-7-15-31/h4-5,8-13,16-17H,6-7,14-15H2,1-3H3. The molecule has 0 atom stereocenters. The summed E-state index contributed by atoms with van der Waals surface area (Å²) in [4.78, 5) is 4.81. The molecule has 5 aromatic rings. The van der Waals surface area contributed by atoms with Crippen molar-refractivity contribution in [1.82, 2.24) is 4.98 Å². The maximum absolute atomic E-state index is 6.68. The minimum Gasteiger partial charge on any atom is -0.455 e. The van der Waals surface area contributed by atoms with Crippen LogP contribution in [-0.4, -0.2) is 4.98 Å². The molecular weight excluding hydrogens is 402 g/mol. The summed E-state index contributed by atoms with van der Waals surface area (Å²) in [5, 5.41) is 2.53. The highest BCUT2D eigenvalue weighted by Gasteiger charge is 2.46. The number of hydrogen-bond acceptors (Lipinski definition) is 2. The highest BCUT2D eigenvalue weighted by Crippen LogP contribution is 2.59. The Balaban J connectivity index is 1.60. The summed E-state index contributed by atoms with van der Waals surface area (Å²) in [6.45, 7) is 6.43. The van der Waals surface area contributed by atoms with Gasteiger partial charge in [0.1, 0.15) is 11.2 Å². The van der Waals surface area contributed by atoms with E-state index in [2.05, 4.69) is 75.4 Å². The monoisotopic (exact) mass is 429 g/mol. The molecule has 2 aliphatic rings. The van der Waals surface area contributed by atoms with Crippen LogP contribution < -0.4 is 0 Å². The smallest absolute Gasteiger partial charge is 0.145 e. The van der Waals surface area contributed by atoms with Gasteiger partial charge in [0.05, 0.1) is 5.69 Å². The van der Waals surface area contributed by atoms with Crippen LogP contribution in [0.4, 0.5) is 0 Å². The zero-order chi connectivity index (χ0) is 22.3. The molecule has 2 heteroatoms. The second-order valence-corrected chi connectivity index (χ2v) is 10.1. The molecule has 0 bridgehead atoms. The van der Waals surface area contributed by atoms with Crippen molar-refractivity contribution in [3.05, 3.63) is 88.6 Å². The number of pyridine rings is 1. The molecule has 7 rings (SSSR count). The maximum atomic E-state index is 6.68. The molecule has 2 aromatic heterocycles. The zero-order valence-corrected chi connectivity index (χ0v) is 19.5. The molecule has 0 N–H and O–H groups in total. The Bertz CT molecular complexity index is 1600. The summed E-state index contributed by atoms with van der Waals surface area (Å²) in [7, 11) is 0. The van der Waals surface area contributed by atoms with E-state index in [9.17, 15) is 0 Å². The molecule has 33 heavy (non-hydrogen) atoms. The zero-order valence-electron chi connectivity index (χ0n) is 19.5. The van der Waals surface area contributed by atoms with Crippen LogP contribution in [0, 0.1) is 20.8 Å². The van der Waals surface area contributed by atoms with Crippen molar-refractivity contribution < 1.29 is 4.42 Å². The van der Waals surface area contributed by atoms with Crippen molar-refractivity contribution >= 4 is 21.9 Å². The fourth-order valence-electron chi connectivity index (χ4n) is 6.60. The summed E-state index contributed by atoms with van der Waals surface area (Å²) >= 11 is 0. The van der Waals surface area contributed by atoms with E-state index in [-0.39, 0.29) is 5.41 Å². The molecule has 162 valence electrons. The summed E-state index contributed by atoms with van der Waals surface area (Å²) in [5.41, 5.74) is 13.7. The number of hydrogen-bond donors (Lipinski definition) is 0. The van der Waals surface area contributed by atoms with E-state index in [1.54, 1.807) is 0 Å². The summed E-state index contributed by atoms with van der Waals surface area (Å²) < 4.78 is 6.68. The van der Waals surface area contributed by atoms with Gasteiger partial charge in [-0.1, -0.05) is 55.3 Å². The minimum atomic E-state index is 0.117. The number of fused-ring (bicyclic) bond motifs is 9. The molecule has 2 aliphatic carbocycles. The van der Waals surface area contributed by atoms with Gasteiger partial charge in [-0.2, -0.15) is 0 Å². The summed E-state index contributed by atoms with van der Waals surface area (Å²) in [5.74, 6) is 0. The largest absolute Gasteiger partial charge is 0.455 e. The number of furan rings is 1. The van der Waals surface area contributed by atoms with Crippen LogP contribution >= 0.6 is 0 Å². The second kappa shape index (κ2) is 6.57. The van der Waals surface area contributed by atoms with Gasteiger partial charge in [-0.3, -0.25) is 4.98 Å². The molecule has 2 heterocycles. The average molecular weight is 430 g/mol. The van der Waals surface area contributed by atoms with Gasteiger partial charge in [0.15, 0.2) is 0 Å². The third kappa shape index (κ3) is 2.41. The quantitative estimate of drug-likeness (QED) is 0.267. The lowest BCUT2D eigenvalue weighted by Crippen LogP contribution is -2.20. The maximum Gasteiger partial charge on any atom is 0.145 e. The molecule has 0 aliphatic heterocycles. The molecule has 0 saturated heterocycles. The topological polar surface area (TPSA) is 26.0 Å². The number of benzene rings is 3. The lowest BCUT2D eigenvalue weighted by molar-refractivity contribution is 0.554. The number of nitrogens with zero attached hydrogens (tertiary/aromatic N) is 1. The van der Waals surface area contributed by atoms with Gasteiger partial charge >= 0.3 is 0 Å². The molecule has 0 unspecified atom stereocenters. The van der Waals surface area contributed by atoms with Gasteiger partial charge in [-0.25, -0.2) is 0 Å². The van der Waals surface area contributed by atoms with Crippen LogP contribution in [0.2, 0.25) is 0 Å². The Morgan fingerprint density at radius 1 is 0.818 bits per heavy atom. The van der Waals surface area contributed by atoms with Gasteiger partial charge in [-0.05, 0) is 84.7 Å². The Kier molecular flexibility index (Phi) is 3.81. The first-order chi connectivity index (χ1) is 16.1. The van der Waals surface area contributed by atoms with Gasteiger partial charge < -0.3 is 4.42 Å². The van der Waals surface area contributed by atoms with Crippen LogP contribution in [0.15, 0.2) is 65.2 Å². The van der Waals surface area contributed by atoms with Gasteiger partial charge in [-0.15, -0.1) is 0 Å². The van der Waals surface area contributed by atoms with Crippen molar-refractivity contribution in [1.29, 1.82) is 0 Å². The van der Waals surface area contributed by atoms with Crippen LogP contribution in [0.25, 0.3) is 44.3 Å². The lowest BCUT2D eigenvalue weighted by atomic mass is 9.75. The van der Waals surface area contributed by atoms with Gasteiger partial charge in [0.25, 0.3) is 0 Å². The molecule has 1 spiro atoms. The summed E-state index contributed by atoms with van der Waals surface area (Å²) in [6.07, 6.45) is 7.00. The van der Waals surface area contributed by atoms with E-state index < -0.39 is 0 Å². The Hall–Kier alpha value is -3.39. The molecular formula is C31H27NO. The first-order valence-electron chi connectivity index (χ1n) is 12.1. The van der Waals surface area contributed by atoms with Crippen molar-refractivity contribution in [2.24, 2.45) is 0 Å². The normalized spacial score (nSPS) is 16.1. The molecule has 0 radical (unpaired) electrons. The van der Waals surface area contributed by atoms with Crippen LogP contribution in [0.3, 0.4) is 0 Å². The molecule has 1 saturated carbocycles. The van der Waals surface area contributed by atoms with E-state index in [4.69, 9.17) is 9.40 Å². The van der Waals surface area contributed by atoms with E-state index in [1.807, 2.05) is 6.20 Å². The highest BCUT2D eigenvalue weighted by atomic mass is 16.3. The molecule has 0 amide bonds. The average Bonchev–Trinajstić information content (AvgIpc) is 3.52. The van der Waals surface area contributed by atoms with E-state index in [0.717, 1.165) is 22.4 Å².